The number of piperidine rings is 1. The van der Waals surface area contributed by atoms with Crippen LogP contribution in [0.15, 0.2) is 29.5 Å². The quantitative estimate of drug-likeness (QED) is 0.243. The Kier molecular flexibility index (Phi) is 11.1. The summed E-state index contributed by atoms with van der Waals surface area (Å²) in [7, 11) is 0. The Morgan fingerprint density at radius 1 is 1.28 bits per heavy atom. The number of hydrogen-bond acceptors (Lipinski definition) is 6. The summed E-state index contributed by atoms with van der Waals surface area (Å²) < 4.78 is 0. The molecule has 1 aliphatic rings. The molecule has 3 heterocycles. The molecular formula is C22H34IN7OS. The number of amides is 1. The van der Waals surface area contributed by atoms with Crippen molar-refractivity contribution in [3.8, 4) is 0 Å². The molecule has 2 aromatic heterocycles. The second-order valence-electron chi connectivity index (χ2n) is 7.60. The van der Waals surface area contributed by atoms with Gasteiger partial charge in [0.25, 0.3) is 0 Å². The standard InChI is InChI=1S/C22H33N7OS.HI/c1-3-18-15-27-19(31-18)7-11-26-22(24-4-2)28-14-17-6-5-10-25-21(17)29-12-8-16(9-13-29)20(23)30;/h5-6,10,15-16H,3-4,7-9,11-14H2,1-2H3,(H2,23,30)(H2,24,26,28);1H. The van der Waals surface area contributed by atoms with Crippen molar-refractivity contribution < 1.29 is 4.79 Å². The number of pyridine rings is 1. The first-order valence-corrected chi connectivity index (χ1v) is 11.9. The molecule has 0 atom stereocenters. The van der Waals surface area contributed by atoms with Gasteiger partial charge in [-0.3, -0.25) is 4.79 Å². The molecule has 0 bridgehead atoms. The molecule has 1 saturated heterocycles. The van der Waals surface area contributed by atoms with Gasteiger partial charge < -0.3 is 21.3 Å². The van der Waals surface area contributed by atoms with Crippen LogP contribution in [0.5, 0.6) is 0 Å². The number of rotatable bonds is 9. The maximum absolute atomic E-state index is 11.5. The van der Waals surface area contributed by atoms with Crippen LogP contribution < -0.4 is 21.3 Å². The van der Waals surface area contributed by atoms with E-state index in [0.717, 1.165) is 74.2 Å². The highest BCUT2D eigenvalue weighted by Crippen LogP contribution is 2.25. The van der Waals surface area contributed by atoms with Crippen LogP contribution in [0.4, 0.5) is 5.82 Å². The van der Waals surface area contributed by atoms with Crippen LogP contribution in [0.25, 0.3) is 0 Å². The molecule has 0 radical (unpaired) electrons. The average Bonchev–Trinajstić information content (AvgIpc) is 3.26. The number of nitrogens with two attached hydrogens (primary N) is 1. The summed E-state index contributed by atoms with van der Waals surface area (Å²) in [5.74, 6) is 1.50. The monoisotopic (exact) mass is 571 g/mol. The van der Waals surface area contributed by atoms with Crippen LogP contribution >= 0.6 is 35.3 Å². The van der Waals surface area contributed by atoms with Crippen molar-refractivity contribution in [3.63, 3.8) is 0 Å². The number of nitrogens with zero attached hydrogens (tertiary/aromatic N) is 4. The summed E-state index contributed by atoms with van der Waals surface area (Å²) in [6.07, 6.45) is 7.23. The number of thiazole rings is 1. The Balaban J connectivity index is 0.00000363. The zero-order chi connectivity index (χ0) is 22.1. The predicted molar refractivity (Wildman–Crippen MR) is 142 cm³/mol. The largest absolute Gasteiger partial charge is 0.369 e. The number of halogens is 1. The molecule has 3 rings (SSSR count). The van der Waals surface area contributed by atoms with Gasteiger partial charge in [0.15, 0.2) is 5.96 Å². The van der Waals surface area contributed by atoms with Gasteiger partial charge in [-0.2, -0.15) is 0 Å². The van der Waals surface area contributed by atoms with Crippen molar-refractivity contribution in [2.45, 2.75) is 46.1 Å². The van der Waals surface area contributed by atoms with Crippen LogP contribution in [-0.2, 0) is 24.2 Å². The lowest BCUT2D eigenvalue weighted by atomic mass is 9.96. The summed E-state index contributed by atoms with van der Waals surface area (Å²) in [5, 5.41) is 7.86. The van der Waals surface area contributed by atoms with Crippen molar-refractivity contribution >= 4 is 53.0 Å². The molecule has 4 N–H and O–H groups in total. The smallest absolute Gasteiger partial charge is 0.220 e. The molecule has 8 nitrogen and oxygen atoms in total. The summed E-state index contributed by atoms with van der Waals surface area (Å²) in [6.45, 7) is 7.89. The summed E-state index contributed by atoms with van der Waals surface area (Å²) in [4.78, 5) is 28.9. The highest BCUT2D eigenvalue weighted by Gasteiger charge is 2.24. The van der Waals surface area contributed by atoms with Crippen molar-refractivity contribution in [3.05, 3.63) is 40.0 Å². The minimum atomic E-state index is -0.199. The Hall–Kier alpha value is -1.95. The van der Waals surface area contributed by atoms with E-state index in [9.17, 15) is 4.79 Å². The number of aromatic nitrogens is 2. The van der Waals surface area contributed by atoms with Gasteiger partial charge in [0.2, 0.25) is 5.91 Å². The van der Waals surface area contributed by atoms with E-state index in [0.29, 0.717) is 6.54 Å². The lowest BCUT2D eigenvalue weighted by molar-refractivity contribution is -0.122. The molecule has 32 heavy (non-hydrogen) atoms. The maximum atomic E-state index is 11.5. The molecule has 0 aromatic carbocycles. The summed E-state index contributed by atoms with van der Waals surface area (Å²) >= 11 is 1.77. The Morgan fingerprint density at radius 2 is 2.06 bits per heavy atom. The van der Waals surface area contributed by atoms with E-state index in [1.54, 1.807) is 11.3 Å². The molecule has 0 spiro atoms. The molecule has 10 heteroatoms. The summed E-state index contributed by atoms with van der Waals surface area (Å²) in [6, 6.07) is 4.01. The number of guanidine groups is 1. The first-order valence-electron chi connectivity index (χ1n) is 11.0. The van der Waals surface area contributed by atoms with Gasteiger partial charge in [0, 0.05) is 61.4 Å². The third kappa shape index (κ3) is 7.58. The molecule has 0 aliphatic carbocycles. The number of nitrogens with one attached hydrogen (secondary N) is 2. The molecule has 1 aliphatic heterocycles. The lowest BCUT2D eigenvalue weighted by Gasteiger charge is -2.32. The number of aliphatic imine (C=N–C) groups is 1. The highest BCUT2D eigenvalue weighted by molar-refractivity contribution is 14.0. The first-order chi connectivity index (χ1) is 15.1. The van der Waals surface area contributed by atoms with Gasteiger partial charge in [-0.05, 0) is 32.3 Å². The SMILES string of the molecule is CCNC(=NCc1cccnc1N1CCC(C(N)=O)CC1)NCCc1ncc(CC)s1.I. The third-order valence-corrected chi connectivity index (χ3v) is 6.60. The Bertz CT molecular complexity index is 881. The van der Waals surface area contributed by atoms with Crippen LogP contribution in [0.3, 0.4) is 0 Å². The van der Waals surface area contributed by atoms with Gasteiger partial charge >= 0.3 is 0 Å². The van der Waals surface area contributed by atoms with Gasteiger partial charge in [0.1, 0.15) is 5.82 Å². The van der Waals surface area contributed by atoms with Crippen molar-refractivity contribution in [1.82, 2.24) is 20.6 Å². The summed E-state index contributed by atoms with van der Waals surface area (Å²) in [5.41, 5.74) is 6.54. The fraction of sp³-hybridized carbons (Fsp3) is 0.545. The first kappa shape index (κ1) is 26.3. The number of carbonyl (C=O) groups excluding carboxylic acids is 1. The molecule has 0 saturated carbocycles. The molecule has 176 valence electrons. The molecular weight excluding hydrogens is 537 g/mol. The Labute approximate surface area is 211 Å². The lowest BCUT2D eigenvalue weighted by Crippen LogP contribution is -2.39. The number of aryl methyl sites for hydroxylation is 1. The van der Waals surface area contributed by atoms with Crippen molar-refractivity contribution in [2.75, 3.05) is 31.1 Å². The molecule has 1 amide bonds. The fourth-order valence-electron chi connectivity index (χ4n) is 3.64. The van der Waals surface area contributed by atoms with E-state index in [4.69, 9.17) is 10.7 Å². The highest BCUT2D eigenvalue weighted by atomic mass is 127. The zero-order valence-electron chi connectivity index (χ0n) is 18.8. The van der Waals surface area contributed by atoms with E-state index in [2.05, 4.69) is 45.4 Å². The van der Waals surface area contributed by atoms with Crippen LogP contribution in [0.1, 0.15) is 42.1 Å². The second-order valence-corrected chi connectivity index (χ2v) is 8.80. The topological polar surface area (TPSA) is 109 Å². The second kappa shape index (κ2) is 13.6. The van der Waals surface area contributed by atoms with Gasteiger partial charge in [-0.15, -0.1) is 35.3 Å². The molecule has 0 unspecified atom stereocenters. The van der Waals surface area contributed by atoms with Crippen LogP contribution in [0, 0.1) is 5.92 Å². The van der Waals surface area contributed by atoms with E-state index in [-0.39, 0.29) is 35.8 Å². The van der Waals surface area contributed by atoms with Crippen LogP contribution in [-0.4, -0.2) is 48.0 Å². The maximum Gasteiger partial charge on any atom is 0.220 e. The predicted octanol–water partition coefficient (Wildman–Crippen LogP) is 2.72. The minimum Gasteiger partial charge on any atom is -0.369 e. The molecule has 1 fully saturated rings. The van der Waals surface area contributed by atoms with E-state index in [1.165, 1.54) is 4.88 Å². The number of anilines is 1. The number of carbonyl (C=O) groups is 1. The number of primary amides is 1. The van der Waals surface area contributed by atoms with Gasteiger partial charge in [-0.1, -0.05) is 13.0 Å². The van der Waals surface area contributed by atoms with E-state index < -0.39 is 0 Å². The van der Waals surface area contributed by atoms with Crippen LogP contribution in [0.2, 0.25) is 0 Å². The zero-order valence-corrected chi connectivity index (χ0v) is 22.0. The van der Waals surface area contributed by atoms with Gasteiger partial charge in [-0.25, -0.2) is 15.0 Å². The number of hydrogen-bond donors (Lipinski definition) is 3. The van der Waals surface area contributed by atoms with Crippen molar-refractivity contribution in [2.24, 2.45) is 16.6 Å². The van der Waals surface area contributed by atoms with Gasteiger partial charge in [0.05, 0.1) is 11.6 Å². The normalized spacial score (nSPS) is 14.7. The average molecular weight is 572 g/mol. The fourth-order valence-corrected chi connectivity index (χ4v) is 4.50. The van der Waals surface area contributed by atoms with E-state index >= 15 is 0 Å². The van der Waals surface area contributed by atoms with Crippen molar-refractivity contribution in [1.29, 1.82) is 0 Å². The minimum absolute atomic E-state index is 0. The Morgan fingerprint density at radius 3 is 2.72 bits per heavy atom. The third-order valence-electron chi connectivity index (χ3n) is 5.40. The van der Waals surface area contributed by atoms with E-state index in [1.807, 2.05) is 18.5 Å². The molecule has 2 aromatic rings.